The lowest BCUT2D eigenvalue weighted by molar-refractivity contribution is -0.137. The maximum absolute atomic E-state index is 11.3. The number of carboxylic acid groups (broad SMARTS) is 1. The lowest BCUT2D eigenvalue weighted by Gasteiger charge is -2.16. The molecule has 1 N–H and O–H groups in total. The van der Waals surface area contributed by atoms with Crippen LogP contribution in [0.2, 0.25) is 0 Å². The number of carbonyl (C=O) groups is 1. The van der Waals surface area contributed by atoms with Gasteiger partial charge < -0.3 is 13.9 Å². The van der Waals surface area contributed by atoms with Gasteiger partial charge in [-0.25, -0.2) is 0 Å². The Morgan fingerprint density at radius 2 is 1.95 bits per heavy atom. The topological polar surface area (TPSA) is 63.6 Å². The van der Waals surface area contributed by atoms with Gasteiger partial charge in [0.05, 0.1) is 6.42 Å². The fourth-order valence-electron chi connectivity index (χ4n) is 3.52. The first kappa shape index (κ1) is 13.4. The Labute approximate surface area is 127 Å². The lowest BCUT2D eigenvalue weighted by Crippen LogP contribution is -2.09. The van der Waals surface area contributed by atoms with Gasteiger partial charge in [-0.15, -0.1) is 0 Å². The van der Waals surface area contributed by atoms with Gasteiger partial charge in [0.25, 0.3) is 0 Å². The van der Waals surface area contributed by atoms with Crippen LogP contribution in [0, 0.1) is 19.8 Å². The van der Waals surface area contributed by atoms with E-state index in [1.165, 1.54) is 0 Å². The molecule has 2 heterocycles. The second kappa shape index (κ2) is 4.63. The summed E-state index contributed by atoms with van der Waals surface area (Å²) < 4.78 is 11.7. The fraction of sp³-hybridized carbons (Fsp3) is 0.389. The van der Waals surface area contributed by atoms with Crippen LogP contribution in [0.1, 0.15) is 42.3 Å². The molecule has 114 valence electrons. The highest BCUT2D eigenvalue weighted by Crippen LogP contribution is 2.49. The predicted molar refractivity (Wildman–Crippen MR) is 83.2 cm³/mol. The molecule has 0 amide bonds. The van der Waals surface area contributed by atoms with Crippen molar-refractivity contribution in [2.24, 2.45) is 5.92 Å². The average molecular weight is 298 g/mol. The molecule has 22 heavy (non-hydrogen) atoms. The third-order valence-corrected chi connectivity index (χ3v) is 4.55. The molecular weight excluding hydrogens is 280 g/mol. The summed E-state index contributed by atoms with van der Waals surface area (Å²) in [5.41, 5.74) is 2.66. The van der Waals surface area contributed by atoms with E-state index < -0.39 is 5.97 Å². The molecule has 1 fully saturated rings. The SMILES string of the molecule is Cc1cc2c(C(CC(=O)O)C3CC3)c3oc(C)cc3cc2o1. The van der Waals surface area contributed by atoms with Crippen molar-refractivity contribution in [3.8, 4) is 0 Å². The zero-order chi connectivity index (χ0) is 15.4. The van der Waals surface area contributed by atoms with E-state index in [0.29, 0.717) is 5.92 Å². The molecule has 1 saturated carbocycles. The van der Waals surface area contributed by atoms with Crippen molar-refractivity contribution in [1.82, 2.24) is 0 Å². The third kappa shape index (κ3) is 2.10. The Bertz CT molecular complexity index is 825. The highest BCUT2D eigenvalue weighted by Gasteiger charge is 2.37. The van der Waals surface area contributed by atoms with Gasteiger partial charge in [0.2, 0.25) is 0 Å². The molecule has 0 aliphatic heterocycles. The molecule has 2 aromatic heterocycles. The Morgan fingerprint density at radius 3 is 2.64 bits per heavy atom. The summed E-state index contributed by atoms with van der Waals surface area (Å²) in [5, 5.41) is 11.3. The van der Waals surface area contributed by atoms with Crippen LogP contribution in [0.5, 0.6) is 0 Å². The molecule has 4 heteroatoms. The summed E-state index contributed by atoms with van der Waals surface area (Å²) in [6, 6.07) is 5.97. The van der Waals surface area contributed by atoms with E-state index >= 15 is 0 Å². The molecule has 1 unspecified atom stereocenters. The Balaban J connectivity index is 2.03. The molecule has 1 aliphatic carbocycles. The molecule has 0 saturated heterocycles. The molecule has 1 atom stereocenters. The fourth-order valence-corrected chi connectivity index (χ4v) is 3.52. The number of aliphatic carboxylic acids is 1. The highest BCUT2D eigenvalue weighted by molar-refractivity contribution is 5.99. The van der Waals surface area contributed by atoms with E-state index in [-0.39, 0.29) is 12.3 Å². The van der Waals surface area contributed by atoms with E-state index in [2.05, 4.69) is 0 Å². The smallest absolute Gasteiger partial charge is 0.303 e. The van der Waals surface area contributed by atoms with E-state index in [1.807, 2.05) is 32.0 Å². The highest BCUT2D eigenvalue weighted by atomic mass is 16.4. The Hall–Kier alpha value is -2.23. The number of carboxylic acids is 1. The first-order chi connectivity index (χ1) is 10.5. The number of aryl methyl sites for hydroxylation is 2. The summed E-state index contributed by atoms with van der Waals surface area (Å²) in [7, 11) is 0. The normalized spacial score (nSPS) is 16.5. The number of furan rings is 2. The second-order valence-corrected chi connectivity index (χ2v) is 6.38. The Morgan fingerprint density at radius 1 is 1.23 bits per heavy atom. The standard InChI is InChI=1S/C18H18O4/c1-9-5-12-7-15-14(6-10(2)21-15)17(18(12)22-9)13(8-16(19)20)11-3-4-11/h5-7,11,13H,3-4,8H2,1-2H3,(H,19,20). The van der Waals surface area contributed by atoms with Crippen molar-refractivity contribution in [1.29, 1.82) is 0 Å². The molecule has 0 spiro atoms. The summed E-state index contributed by atoms with van der Waals surface area (Å²) >= 11 is 0. The maximum atomic E-state index is 11.3. The first-order valence-corrected chi connectivity index (χ1v) is 7.68. The predicted octanol–water partition coefficient (Wildman–Crippen LogP) is 4.76. The summed E-state index contributed by atoms with van der Waals surface area (Å²) in [5.74, 6) is 1.35. The summed E-state index contributed by atoms with van der Waals surface area (Å²) in [4.78, 5) is 11.3. The largest absolute Gasteiger partial charge is 0.481 e. The van der Waals surface area contributed by atoms with Crippen LogP contribution in [-0.2, 0) is 4.79 Å². The minimum Gasteiger partial charge on any atom is -0.481 e. The van der Waals surface area contributed by atoms with Crippen molar-refractivity contribution >= 4 is 27.9 Å². The molecule has 4 rings (SSSR count). The summed E-state index contributed by atoms with van der Waals surface area (Å²) in [6.45, 7) is 3.83. The third-order valence-electron chi connectivity index (χ3n) is 4.55. The van der Waals surface area contributed by atoms with Crippen LogP contribution in [0.4, 0.5) is 0 Å². The van der Waals surface area contributed by atoms with Gasteiger partial charge in [-0.1, -0.05) is 0 Å². The van der Waals surface area contributed by atoms with Crippen molar-refractivity contribution < 1.29 is 18.7 Å². The maximum Gasteiger partial charge on any atom is 0.303 e. The molecule has 0 bridgehead atoms. The van der Waals surface area contributed by atoms with E-state index in [4.69, 9.17) is 8.83 Å². The van der Waals surface area contributed by atoms with Gasteiger partial charge in [-0.2, -0.15) is 0 Å². The first-order valence-electron chi connectivity index (χ1n) is 7.68. The molecule has 3 aromatic rings. The van der Waals surface area contributed by atoms with Gasteiger partial charge in [0.15, 0.2) is 0 Å². The monoisotopic (exact) mass is 298 g/mol. The van der Waals surface area contributed by atoms with Crippen LogP contribution >= 0.6 is 0 Å². The summed E-state index contributed by atoms with van der Waals surface area (Å²) in [6.07, 6.45) is 2.32. The zero-order valence-corrected chi connectivity index (χ0v) is 12.7. The zero-order valence-electron chi connectivity index (χ0n) is 12.7. The lowest BCUT2D eigenvalue weighted by atomic mass is 9.87. The van der Waals surface area contributed by atoms with Gasteiger partial charge in [-0.3, -0.25) is 4.79 Å². The van der Waals surface area contributed by atoms with Crippen molar-refractivity contribution in [3.05, 3.63) is 35.3 Å². The van der Waals surface area contributed by atoms with Crippen molar-refractivity contribution in [2.45, 2.75) is 39.0 Å². The van der Waals surface area contributed by atoms with Gasteiger partial charge in [-0.05, 0) is 50.8 Å². The van der Waals surface area contributed by atoms with E-state index in [9.17, 15) is 9.90 Å². The van der Waals surface area contributed by atoms with E-state index in [0.717, 1.165) is 51.9 Å². The second-order valence-electron chi connectivity index (χ2n) is 6.38. The van der Waals surface area contributed by atoms with Crippen molar-refractivity contribution in [3.63, 3.8) is 0 Å². The average Bonchev–Trinajstić information content (AvgIpc) is 3.11. The van der Waals surface area contributed by atoms with Gasteiger partial charge in [0, 0.05) is 22.3 Å². The molecular formula is C18H18O4. The molecule has 1 aliphatic rings. The van der Waals surface area contributed by atoms with Crippen molar-refractivity contribution in [2.75, 3.05) is 0 Å². The van der Waals surface area contributed by atoms with Crippen LogP contribution < -0.4 is 0 Å². The minimum absolute atomic E-state index is 0.00810. The van der Waals surface area contributed by atoms with E-state index in [1.54, 1.807) is 0 Å². The van der Waals surface area contributed by atoms with Crippen LogP contribution in [0.25, 0.3) is 21.9 Å². The number of benzene rings is 1. The van der Waals surface area contributed by atoms with Crippen LogP contribution in [-0.4, -0.2) is 11.1 Å². The quantitative estimate of drug-likeness (QED) is 0.754. The molecule has 4 nitrogen and oxygen atoms in total. The van der Waals surface area contributed by atoms with Gasteiger partial charge in [0.1, 0.15) is 22.7 Å². The minimum atomic E-state index is -0.759. The number of hydrogen-bond donors (Lipinski definition) is 1. The number of hydrogen-bond acceptors (Lipinski definition) is 3. The van der Waals surface area contributed by atoms with Crippen LogP contribution in [0.3, 0.4) is 0 Å². The van der Waals surface area contributed by atoms with Crippen LogP contribution in [0.15, 0.2) is 27.0 Å². The molecule has 1 aromatic carbocycles. The molecule has 0 radical (unpaired) electrons. The number of fused-ring (bicyclic) bond motifs is 2. The number of rotatable bonds is 4. The Kier molecular flexibility index (Phi) is 2.83. The van der Waals surface area contributed by atoms with Gasteiger partial charge >= 0.3 is 5.97 Å².